The van der Waals surface area contributed by atoms with Gasteiger partial charge in [-0.05, 0) is 30.3 Å². The van der Waals surface area contributed by atoms with Crippen LogP contribution in [-0.2, 0) is 15.6 Å². The number of methoxy groups -OCH3 is 1. The lowest BCUT2D eigenvalue weighted by Crippen LogP contribution is -2.12. The van der Waals surface area contributed by atoms with E-state index in [1.165, 1.54) is 25.7 Å². The number of hydrogen-bond donors (Lipinski definition) is 0. The molecule has 0 atom stereocenters. The van der Waals surface area contributed by atoms with Crippen LogP contribution in [0.4, 0.5) is 17.6 Å². The van der Waals surface area contributed by atoms with Gasteiger partial charge in [0.1, 0.15) is 33.7 Å². The Morgan fingerprint density at radius 1 is 1.00 bits per heavy atom. The summed E-state index contributed by atoms with van der Waals surface area (Å²) < 4.78 is 88.1. The minimum Gasteiger partial charge on any atom is -0.495 e. The van der Waals surface area contributed by atoms with Crippen molar-refractivity contribution in [1.29, 1.82) is 0 Å². The molecule has 2 heterocycles. The van der Waals surface area contributed by atoms with Crippen LogP contribution in [0, 0.1) is 23.3 Å². The predicted molar refractivity (Wildman–Crippen MR) is 108 cm³/mol. The maximum absolute atomic E-state index is 15.2. The number of hydrogen-bond acceptors (Lipinski definition) is 6. The van der Waals surface area contributed by atoms with Crippen LogP contribution in [0.25, 0.3) is 16.9 Å². The van der Waals surface area contributed by atoms with Gasteiger partial charge in [0.15, 0.2) is 21.5 Å². The second kappa shape index (κ2) is 8.62. The standard InChI is InChI=1S/C21H14F4N4O3S/c1-32-15-6-13(8-26-9-15)18-10-29(28-27-18)21-17(24)4-2-12(20(21)25)11-33(30,31)19-7-14(22)3-5-16(19)23/h2-10H,11H2,1H3. The molecule has 0 spiro atoms. The highest BCUT2D eigenvalue weighted by molar-refractivity contribution is 7.90. The SMILES string of the molecule is COc1cncc(-c2cn(-c3c(F)ccc(CS(=O)(=O)c4cc(F)ccc4F)c3F)nn2)c1. The molecule has 2 aromatic heterocycles. The monoisotopic (exact) mass is 478 g/mol. The Bertz CT molecular complexity index is 1460. The maximum atomic E-state index is 15.2. The molecule has 0 bridgehead atoms. The van der Waals surface area contributed by atoms with Crippen molar-refractivity contribution in [3.8, 4) is 22.7 Å². The van der Waals surface area contributed by atoms with Crippen LogP contribution in [0.1, 0.15) is 5.56 Å². The molecular formula is C21H14F4N4O3S. The van der Waals surface area contributed by atoms with Gasteiger partial charge in [0.25, 0.3) is 0 Å². The molecular weight excluding hydrogens is 464 g/mol. The van der Waals surface area contributed by atoms with Gasteiger partial charge in [0.2, 0.25) is 0 Å². The first-order valence-corrected chi connectivity index (χ1v) is 10.9. The van der Waals surface area contributed by atoms with Crippen molar-refractivity contribution in [1.82, 2.24) is 20.0 Å². The molecule has 0 aliphatic carbocycles. The van der Waals surface area contributed by atoms with Gasteiger partial charge in [0.05, 0.1) is 25.3 Å². The first-order chi connectivity index (χ1) is 15.7. The number of pyridine rings is 1. The van der Waals surface area contributed by atoms with E-state index in [9.17, 15) is 21.6 Å². The summed E-state index contributed by atoms with van der Waals surface area (Å²) in [6, 6.07) is 5.25. The molecule has 33 heavy (non-hydrogen) atoms. The minimum atomic E-state index is -4.49. The first-order valence-electron chi connectivity index (χ1n) is 9.26. The smallest absolute Gasteiger partial charge is 0.185 e. The molecule has 2 aromatic carbocycles. The lowest BCUT2D eigenvalue weighted by Gasteiger charge is -2.10. The van der Waals surface area contributed by atoms with E-state index < -0.39 is 55.0 Å². The Labute approximate surface area is 185 Å². The molecule has 4 aromatic rings. The molecule has 0 amide bonds. The summed E-state index contributed by atoms with van der Waals surface area (Å²) in [4.78, 5) is 3.04. The van der Waals surface area contributed by atoms with Crippen molar-refractivity contribution in [2.45, 2.75) is 10.6 Å². The zero-order valence-electron chi connectivity index (χ0n) is 16.8. The van der Waals surface area contributed by atoms with E-state index in [4.69, 9.17) is 4.74 Å². The average molecular weight is 478 g/mol. The van der Waals surface area contributed by atoms with Crippen LogP contribution in [-0.4, -0.2) is 35.5 Å². The third kappa shape index (κ3) is 4.42. The van der Waals surface area contributed by atoms with Crippen molar-refractivity contribution in [2.24, 2.45) is 0 Å². The summed E-state index contributed by atoms with van der Waals surface area (Å²) >= 11 is 0. The lowest BCUT2D eigenvalue weighted by molar-refractivity contribution is 0.413. The number of rotatable bonds is 6. The van der Waals surface area contributed by atoms with Gasteiger partial charge in [-0.3, -0.25) is 4.98 Å². The Morgan fingerprint density at radius 3 is 2.52 bits per heavy atom. The first kappa shape index (κ1) is 22.4. The molecule has 0 aliphatic heterocycles. The third-order valence-electron chi connectivity index (χ3n) is 4.69. The zero-order chi connectivity index (χ0) is 23.8. The minimum absolute atomic E-state index is 0.222. The van der Waals surface area contributed by atoms with Gasteiger partial charge in [-0.25, -0.2) is 30.7 Å². The highest BCUT2D eigenvalue weighted by atomic mass is 32.2. The molecule has 170 valence electrons. The summed E-state index contributed by atoms with van der Waals surface area (Å²) in [5, 5.41) is 7.59. The molecule has 0 radical (unpaired) electrons. The molecule has 0 fully saturated rings. The van der Waals surface area contributed by atoms with Crippen molar-refractivity contribution in [3.63, 3.8) is 0 Å². The highest BCUT2D eigenvalue weighted by Crippen LogP contribution is 2.27. The van der Waals surface area contributed by atoms with Gasteiger partial charge >= 0.3 is 0 Å². The van der Waals surface area contributed by atoms with Gasteiger partial charge in [-0.2, -0.15) is 0 Å². The second-order valence-corrected chi connectivity index (χ2v) is 8.82. The number of aromatic nitrogens is 4. The van der Waals surface area contributed by atoms with E-state index in [-0.39, 0.29) is 5.69 Å². The summed E-state index contributed by atoms with van der Waals surface area (Å²) in [6.45, 7) is 0. The highest BCUT2D eigenvalue weighted by Gasteiger charge is 2.25. The van der Waals surface area contributed by atoms with Gasteiger partial charge in [-0.1, -0.05) is 11.3 Å². The molecule has 7 nitrogen and oxygen atoms in total. The van der Waals surface area contributed by atoms with Gasteiger partial charge in [-0.15, -0.1) is 5.10 Å². The number of nitrogens with zero attached hydrogens (tertiary/aromatic N) is 4. The normalized spacial score (nSPS) is 11.5. The van der Waals surface area contributed by atoms with E-state index in [1.54, 1.807) is 6.07 Å². The van der Waals surface area contributed by atoms with Gasteiger partial charge < -0.3 is 4.74 Å². The molecule has 12 heteroatoms. The van der Waals surface area contributed by atoms with Crippen LogP contribution in [0.3, 0.4) is 0 Å². The van der Waals surface area contributed by atoms with E-state index in [0.717, 1.165) is 22.9 Å². The molecule has 0 saturated heterocycles. The van der Waals surface area contributed by atoms with E-state index in [2.05, 4.69) is 15.3 Å². The van der Waals surface area contributed by atoms with Crippen LogP contribution in [0.5, 0.6) is 5.75 Å². The number of halogens is 4. The fraction of sp³-hybridized carbons (Fsp3) is 0.0952. The van der Waals surface area contributed by atoms with Crippen molar-refractivity contribution in [2.75, 3.05) is 7.11 Å². The van der Waals surface area contributed by atoms with Gasteiger partial charge in [0, 0.05) is 17.3 Å². The van der Waals surface area contributed by atoms with Crippen LogP contribution < -0.4 is 4.74 Å². The van der Waals surface area contributed by atoms with Crippen LogP contribution in [0.2, 0.25) is 0 Å². The summed E-state index contributed by atoms with van der Waals surface area (Å²) in [5.41, 5.74) is -0.464. The Hall–Kier alpha value is -3.80. The lowest BCUT2D eigenvalue weighted by atomic mass is 10.2. The van der Waals surface area contributed by atoms with Crippen LogP contribution in [0.15, 0.2) is 59.9 Å². The van der Waals surface area contributed by atoms with Crippen molar-refractivity contribution in [3.05, 3.63) is 83.8 Å². The maximum Gasteiger partial charge on any atom is 0.185 e. The predicted octanol–water partition coefficient (Wildman–Crippen LogP) is 3.87. The van der Waals surface area contributed by atoms with E-state index in [1.807, 2.05) is 0 Å². The van der Waals surface area contributed by atoms with Crippen molar-refractivity contribution >= 4 is 9.84 Å². The quantitative estimate of drug-likeness (QED) is 0.391. The Kier molecular flexibility index (Phi) is 5.85. The van der Waals surface area contributed by atoms with E-state index >= 15 is 4.39 Å². The molecule has 0 saturated carbocycles. The Balaban J connectivity index is 1.72. The summed E-state index contributed by atoms with van der Waals surface area (Å²) in [7, 11) is -3.05. The molecule has 0 unspecified atom stereocenters. The molecule has 0 aliphatic rings. The topological polar surface area (TPSA) is 87.0 Å². The fourth-order valence-electron chi connectivity index (χ4n) is 3.08. The van der Waals surface area contributed by atoms with E-state index in [0.29, 0.717) is 23.4 Å². The molecule has 4 rings (SSSR count). The largest absolute Gasteiger partial charge is 0.495 e. The second-order valence-electron chi connectivity index (χ2n) is 6.86. The third-order valence-corrected chi connectivity index (χ3v) is 6.36. The Morgan fingerprint density at radius 2 is 1.76 bits per heavy atom. The fourth-order valence-corrected chi connectivity index (χ4v) is 4.52. The van der Waals surface area contributed by atoms with Crippen molar-refractivity contribution < 1.29 is 30.7 Å². The zero-order valence-corrected chi connectivity index (χ0v) is 17.7. The number of sulfone groups is 1. The summed E-state index contributed by atoms with van der Waals surface area (Å²) in [6.07, 6.45) is 4.13. The number of ether oxygens (including phenoxy) is 1. The average Bonchev–Trinajstić information content (AvgIpc) is 3.27. The van der Waals surface area contributed by atoms with Crippen LogP contribution >= 0.6 is 0 Å². The molecule has 0 N–H and O–H groups in total. The number of benzene rings is 2. The summed E-state index contributed by atoms with van der Waals surface area (Å²) in [5.74, 6) is -5.05.